The Morgan fingerprint density at radius 3 is 2.65 bits per heavy atom. The maximum atomic E-state index is 12.8. The summed E-state index contributed by atoms with van der Waals surface area (Å²) in [5.41, 5.74) is 0.887. The summed E-state index contributed by atoms with van der Waals surface area (Å²) in [4.78, 5) is 0. The van der Waals surface area contributed by atoms with Crippen LogP contribution in [-0.2, 0) is 12.7 Å². The van der Waals surface area contributed by atoms with Gasteiger partial charge in [-0.1, -0.05) is 6.07 Å². The summed E-state index contributed by atoms with van der Waals surface area (Å²) in [6, 6.07) is 9.75. The molecule has 1 aliphatic rings. The zero-order valence-electron chi connectivity index (χ0n) is 10.8. The zero-order valence-corrected chi connectivity index (χ0v) is 10.8. The second-order valence-electron chi connectivity index (χ2n) is 5.07. The Kier molecular flexibility index (Phi) is 3.30. The number of hydrogen-bond donors (Lipinski definition) is 1. The van der Waals surface area contributed by atoms with Gasteiger partial charge in [0, 0.05) is 30.2 Å². The van der Waals surface area contributed by atoms with Crippen molar-refractivity contribution in [1.29, 1.82) is 0 Å². The molecule has 1 aromatic carbocycles. The molecule has 20 heavy (non-hydrogen) atoms. The van der Waals surface area contributed by atoms with Gasteiger partial charge in [0.1, 0.15) is 0 Å². The van der Waals surface area contributed by atoms with E-state index in [0.717, 1.165) is 11.8 Å². The molecule has 0 amide bonds. The first-order chi connectivity index (χ1) is 9.54. The molecule has 0 radical (unpaired) electrons. The van der Waals surface area contributed by atoms with Gasteiger partial charge >= 0.3 is 6.18 Å². The molecule has 1 N–H and O–H groups in total. The third kappa shape index (κ3) is 2.88. The topological polar surface area (TPSA) is 17.0 Å². The van der Waals surface area contributed by atoms with Gasteiger partial charge in [-0.15, -0.1) is 0 Å². The third-order valence-corrected chi connectivity index (χ3v) is 3.43. The van der Waals surface area contributed by atoms with E-state index in [9.17, 15) is 13.2 Å². The van der Waals surface area contributed by atoms with Crippen LogP contribution in [0.25, 0.3) is 5.69 Å². The van der Waals surface area contributed by atoms with E-state index in [1.54, 1.807) is 16.8 Å². The normalized spacial score (nSPS) is 15.6. The smallest absolute Gasteiger partial charge is 0.320 e. The van der Waals surface area contributed by atoms with Gasteiger partial charge < -0.3 is 9.88 Å². The molecule has 1 aliphatic carbocycles. The first kappa shape index (κ1) is 13.2. The predicted molar refractivity (Wildman–Crippen MR) is 70.6 cm³/mol. The lowest BCUT2D eigenvalue weighted by Crippen LogP contribution is -2.17. The lowest BCUT2D eigenvalue weighted by Gasteiger charge is -2.13. The Labute approximate surface area is 115 Å². The maximum absolute atomic E-state index is 12.8. The number of hydrogen-bond acceptors (Lipinski definition) is 1. The summed E-state index contributed by atoms with van der Waals surface area (Å²) < 4.78 is 40.0. The van der Waals surface area contributed by atoms with Crippen LogP contribution in [0.15, 0.2) is 42.6 Å². The molecule has 2 nitrogen and oxygen atoms in total. The SMILES string of the molecule is FC(F)(F)c1cccc(-n2cccc2CNC2CC2)c1. The van der Waals surface area contributed by atoms with Crippen LogP contribution < -0.4 is 5.32 Å². The first-order valence-electron chi connectivity index (χ1n) is 6.61. The van der Waals surface area contributed by atoms with E-state index in [4.69, 9.17) is 0 Å². The highest BCUT2D eigenvalue weighted by molar-refractivity contribution is 5.39. The van der Waals surface area contributed by atoms with Crippen LogP contribution in [0.2, 0.25) is 0 Å². The monoisotopic (exact) mass is 280 g/mol. The van der Waals surface area contributed by atoms with E-state index in [1.165, 1.54) is 25.0 Å². The van der Waals surface area contributed by atoms with Crippen LogP contribution in [-0.4, -0.2) is 10.6 Å². The van der Waals surface area contributed by atoms with Crippen molar-refractivity contribution in [2.24, 2.45) is 0 Å². The van der Waals surface area contributed by atoms with Gasteiger partial charge in [0.2, 0.25) is 0 Å². The Morgan fingerprint density at radius 2 is 1.95 bits per heavy atom. The lowest BCUT2D eigenvalue weighted by molar-refractivity contribution is -0.137. The minimum Gasteiger partial charge on any atom is -0.320 e. The fourth-order valence-electron chi connectivity index (χ4n) is 2.18. The van der Waals surface area contributed by atoms with Gasteiger partial charge in [-0.2, -0.15) is 13.2 Å². The molecule has 2 aromatic rings. The highest BCUT2D eigenvalue weighted by Gasteiger charge is 2.30. The van der Waals surface area contributed by atoms with Crippen molar-refractivity contribution < 1.29 is 13.2 Å². The quantitative estimate of drug-likeness (QED) is 0.902. The molecular formula is C15H15F3N2. The molecule has 0 saturated heterocycles. The zero-order chi connectivity index (χ0) is 14.2. The molecule has 0 unspecified atom stereocenters. The summed E-state index contributed by atoms with van der Waals surface area (Å²) in [7, 11) is 0. The molecular weight excluding hydrogens is 265 g/mol. The number of nitrogens with zero attached hydrogens (tertiary/aromatic N) is 1. The molecule has 1 aromatic heterocycles. The van der Waals surface area contributed by atoms with Crippen LogP contribution in [0, 0.1) is 0 Å². The van der Waals surface area contributed by atoms with E-state index in [-0.39, 0.29) is 0 Å². The second-order valence-corrected chi connectivity index (χ2v) is 5.07. The summed E-state index contributed by atoms with van der Waals surface area (Å²) >= 11 is 0. The van der Waals surface area contributed by atoms with Crippen molar-refractivity contribution in [3.05, 3.63) is 53.9 Å². The Hall–Kier alpha value is -1.75. The lowest BCUT2D eigenvalue weighted by atomic mass is 10.2. The van der Waals surface area contributed by atoms with Gasteiger partial charge in [0.25, 0.3) is 0 Å². The molecule has 1 fully saturated rings. The fraction of sp³-hybridized carbons (Fsp3) is 0.333. The summed E-state index contributed by atoms with van der Waals surface area (Å²) in [5, 5.41) is 3.37. The van der Waals surface area contributed by atoms with Crippen molar-refractivity contribution in [3.8, 4) is 5.69 Å². The third-order valence-electron chi connectivity index (χ3n) is 3.43. The van der Waals surface area contributed by atoms with Gasteiger partial charge in [0.15, 0.2) is 0 Å². The number of alkyl halides is 3. The van der Waals surface area contributed by atoms with Gasteiger partial charge in [-0.05, 0) is 43.2 Å². The molecule has 1 saturated carbocycles. The summed E-state index contributed by atoms with van der Waals surface area (Å²) in [6.07, 6.45) is -0.149. The molecule has 1 heterocycles. The van der Waals surface area contributed by atoms with Crippen LogP contribution >= 0.6 is 0 Å². The predicted octanol–water partition coefficient (Wildman–Crippen LogP) is 3.75. The number of rotatable bonds is 4. The molecule has 0 aliphatic heterocycles. The minimum atomic E-state index is -4.31. The fourth-order valence-corrected chi connectivity index (χ4v) is 2.18. The summed E-state index contributed by atoms with van der Waals surface area (Å²) in [6.45, 7) is 0.675. The van der Waals surface area contributed by atoms with Crippen molar-refractivity contribution in [1.82, 2.24) is 9.88 Å². The largest absolute Gasteiger partial charge is 0.416 e. The van der Waals surface area contributed by atoms with Gasteiger partial charge in [0.05, 0.1) is 5.56 Å². The average Bonchev–Trinajstić information content (AvgIpc) is 3.12. The Balaban J connectivity index is 1.86. The molecule has 3 rings (SSSR count). The van der Waals surface area contributed by atoms with Crippen molar-refractivity contribution in [2.45, 2.75) is 31.6 Å². The van der Waals surface area contributed by atoms with Crippen molar-refractivity contribution in [2.75, 3.05) is 0 Å². The van der Waals surface area contributed by atoms with Crippen LogP contribution in [0.5, 0.6) is 0 Å². The molecule has 5 heteroatoms. The summed E-state index contributed by atoms with van der Waals surface area (Å²) in [5.74, 6) is 0. The standard InChI is InChI=1S/C15H15F3N2/c16-15(17,18)11-3-1-4-13(9-11)20-8-2-5-14(20)10-19-12-6-7-12/h1-5,8-9,12,19H,6-7,10H2. The molecule has 106 valence electrons. The van der Waals surface area contributed by atoms with E-state index in [1.807, 2.05) is 12.1 Å². The minimum absolute atomic E-state index is 0.539. The van der Waals surface area contributed by atoms with Gasteiger partial charge in [-0.25, -0.2) is 0 Å². The number of halogens is 3. The van der Waals surface area contributed by atoms with Crippen molar-refractivity contribution >= 4 is 0 Å². The average molecular weight is 280 g/mol. The number of nitrogens with one attached hydrogen (secondary N) is 1. The van der Waals surface area contributed by atoms with E-state index in [0.29, 0.717) is 18.3 Å². The second kappa shape index (κ2) is 4.98. The van der Waals surface area contributed by atoms with Crippen LogP contribution in [0.4, 0.5) is 13.2 Å². The highest BCUT2D eigenvalue weighted by atomic mass is 19.4. The number of benzene rings is 1. The first-order valence-corrected chi connectivity index (χ1v) is 6.61. The van der Waals surface area contributed by atoms with Crippen LogP contribution in [0.1, 0.15) is 24.1 Å². The van der Waals surface area contributed by atoms with E-state index >= 15 is 0 Å². The maximum Gasteiger partial charge on any atom is 0.416 e. The highest BCUT2D eigenvalue weighted by Crippen LogP contribution is 2.30. The molecule has 0 atom stereocenters. The molecule has 0 spiro atoms. The Bertz CT molecular complexity index is 597. The number of aromatic nitrogens is 1. The van der Waals surface area contributed by atoms with Crippen molar-refractivity contribution in [3.63, 3.8) is 0 Å². The van der Waals surface area contributed by atoms with E-state index < -0.39 is 11.7 Å². The Morgan fingerprint density at radius 1 is 1.15 bits per heavy atom. The van der Waals surface area contributed by atoms with Crippen LogP contribution in [0.3, 0.4) is 0 Å². The van der Waals surface area contributed by atoms with Gasteiger partial charge in [-0.3, -0.25) is 0 Å². The van der Waals surface area contributed by atoms with E-state index in [2.05, 4.69) is 5.32 Å². The molecule has 0 bridgehead atoms.